The summed E-state index contributed by atoms with van der Waals surface area (Å²) in [5.41, 5.74) is 2.83. The molecule has 2 aliphatic heterocycles. The molecular formula is C22H26Cl2N4OS. The van der Waals surface area contributed by atoms with Crippen LogP contribution in [0.2, 0.25) is 0 Å². The average molecular weight is 465 g/mol. The van der Waals surface area contributed by atoms with E-state index in [4.69, 9.17) is 0 Å². The maximum atomic E-state index is 13.1. The Bertz CT molecular complexity index is 947. The van der Waals surface area contributed by atoms with Crippen LogP contribution in [-0.2, 0) is 5.75 Å². The Morgan fingerprint density at radius 2 is 1.87 bits per heavy atom. The van der Waals surface area contributed by atoms with Crippen LogP contribution in [0.5, 0.6) is 0 Å². The van der Waals surface area contributed by atoms with Crippen LogP contribution in [0.4, 0.5) is 0 Å². The van der Waals surface area contributed by atoms with E-state index in [1.54, 1.807) is 11.8 Å². The van der Waals surface area contributed by atoms with E-state index in [1.165, 1.54) is 0 Å². The molecule has 0 aliphatic carbocycles. The Morgan fingerprint density at radius 3 is 2.67 bits per heavy atom. The summed E-state index contributed by atoms with van der Waals surface area (Å²) in [5.74, 6) is 1.00. The van der Waals surface area contributed by atoms with Gasteiger partial charge >= 0.3 is 0 Å². The molecule has 1 aromatic carbocycles. The number of benzene rings is 1. The topological polar surface area (TPSA) is 49.6 Å². The Hall–Kier alpha value is -1.73. The number of thioether (sulfide) groups is 1. The summed E-state index contributed by atoms with van der Waals surface area (Å²) in [6.07, 6.45) is 7.42. The van der Waals surface area contributed by atoms with Crippen LogP contribution in [0, 0.1) is 0 Å². The van der Waals surface area contributed by atoms with E-state index in [2.05, 4.69) is 33.5 Å². The van der Waals surface area contributed by atoms with Gasteiger partial charge in [-0.1, -0.05) is 6.07 Å². The number of pyridine rings is 1. The molecular weight excluding hydrogens is 439 g/mol. The number of carbonyl (C=O) groups is 1. The summed E-state index contributed by atoms with van der Waals surface area (Å²) in [6, 6.07) is 14.9. The number of imidazole rings is 1. The van der Waals surface area contributed by atoms with Crippen LogP contribution in [0.3, 0.4) is 0 Å². The predicted molar refractivity (Wildman–Crippen MR) is 126 cm³/mol. The standard InChI is InChI=1S/C22H24N4OS.2ClH/c27-22(26-18-6-7-19(26)13-23-11-10-18)16-4-8-20(9-5-16)28-15-17-14-25-12-2-1-3-21(25)24-17;;/h1-5,8-9,12,14,18-19,23H,6-7,10-11,13,15H2;2*1H. The lowest BCUT2D eigenvalue weighted by Crippen LogP contribution is -2.42. The molecule has 8 heteroatoms. The van der Waals surface area contributed by atoms with Gasteiger partial charge in [-0.2, -0.15) is 0 Å². The number of rotatable bonds is 4. The van der Waals surface area contributed by atoms with Gasteiger partial charge in [0, 0.05) is 47.2 Å². The maximum Gasteiger partial charge on any atom is 0.254 e. The molecule has 4 heterocycles. The molecule has 2 saturated heterocycles. The lowest BCUT2D eigenvalue weighted by Gasteiger charge is -2.28. The lowest BCUT2D eigenvalue weighted by atomic mass is 10.1. The van der Waals surface area contributed by atoms with Crippen molar-refractivity contribution in [3.05, 3.63) is 66.1 Å². The smallest absolute Gasteiger partial charge is 0.254 e. The largest absolute Gasteiger partial charge is 0.331 e. The molecule has 1 N–H and O–H groups in total. The number of nitrogens with one attached hydrogen (secondary N) is 1. The second kappa shape index (κ2) is 10.1. The zero-order valence-electron chi connectivity index (χ0n) is 16.6. The lowest BCUT2D eigenvalue weighted by molar-refractivity contribution is 0.0680. The molecule has 1 amide bonds. The van der Waals surface area contributed by atoms with E-state index < -0.39 is 0 Å². The summed E-state index contributed by atoms with van der Waals surface area (Å²) >= 11 is 1.75. The molecule has 2 atom stereocenters. The molecule has 2 fully saturated rings. The molecule has 2 bridgehead atoms. The van der Waals surface area contributed by atoms with Crippen molar-refractivity contribution in [1.29, 1.82) is 0 Å². The summed E-state index contributed by atoms with van der Waals surface area (Å²) in [4.78, 5) is 21.0. The van der Waals surface area contributed by atoms with E-state index in [9.17, 15) is 4.79 Å². The predicted octanol–water partition coefficient (Wildman–Crippen LogP) is 4.44. The van der Waals surface area contributed by atoms with Crippen molar-refractivity contribution >= 4 is 48.1 Å². The van der Waals surface area contributed by atoms with Gasteiger partial charge in [0.1, 0.15) is 5.65 Å². The minimum absolute atomic E-state index is 0. The monoisotopic (exact) mass is 464 g/mol. The van der Waals surface area contributed by atoms with Crippen LogP contribution in [-0.4, -0.2) is 45.4 Å². The molecule has 0 spiro atoms. The molecule has 2 unspecified atom stereocenters. The van der Waals surface area contributed by atoms with E-state index in [0.29, 0.717) is 12.1 Å². The SMILES string of the molecule is Cl.Cl.O=C(c1ccc(SCc2cn3ccccc3n2)cc1)N1C2CCNCC1CC2. The highest BCUT2D eigenvalue weighted by Gasteiger charge is 2.38. The fourth-order valence-corrected chi connectivity index (χ4v) is 5.15. The van der Waals surface area contributed by atoms with Crippen molar-refractivity contribution in [3.8, 4) is 0 Å². The third kappa shape index (κ3) is 4.62. The minimum atomic E-state index is 0. The van der Waals surface area contributed by atoms with Gasteiger partial charge in [0.25, 0.3) is 5.91 Å². The number of carbonyl (C=O) groups excluding carboxylic acids is 1. The Labute approximate surface area is 193 Å². The molecule has 0 saturated carbocycles. The molecule has 2 aromatic heterocycles. The van der Waals surface area contributed by atoms with Gasteiger partial charge in [0.05, 0.1) is 5.69 Å². The minimum Gasteiger partial charge on any atom is -0.331 e. The van der Waals surface area contributed by atoms with Crippen LogP contribution >= 0.6 is 36.6 Å². The van der Waals surface area contributed by atoms with E-state index in [1.807, 2.05) is 40.9 Å². The Balaban J connectivity index is 0.00000128. The van der Waals surface area contributed by atoms with Crippen LogP contribution in [0.15, 0.2) is 59.8 Å². The van der Waals surface area contributed by atoms with E-state index in [0.717, 1.165) is 59.9 Å². The Kier molecular flexibility index (Phi) is 7.69. The number of aromatic nitrogens is 2. The Morgan fingerprint density at radius 1 is 1.07 bits per heavy atom. The van der Waals surface area contributed by atoms with Crippen molar-refractivity contribution in [2.45, 2.75) is 42.0 Å². The van der Waals surface area contributed by atoms with Gasteiger partial charge in [0.2, 0.25) is 0 Å². The van der Waals surface area contributed by atoms with Gasteiger partial charge < -0.3 is 14.6 Å². The third-order valence-corrected chi connectivity index (χ3v) is 6.84. The first-order chi connectivity index (χ1) is 13.8. The highest BCUT2D eigenvalue weighted by Crippen LogP contribution is 2.30. The summed E-state index contributed by atoms with van der Waals surface area (Å²) < 4.78 is 2.04. The summed E-state index contributed by atoms with van der Waals surface area (Å²) in [7, 11) is 0. The highest BCUT2D eigenvalue weighted by molar-refractivity contribution is 7.98. The molecule has 0 radical (unpaired) electrons. The molecule has 160 valence electrons. The van der Waals surface area contributed by atoms with Gasteiger partial charge in [-0.05, 0) is 62.2 Å². The summed E-state index contributed by atoms with van der Waals surface area (Å²) in [5, 5.41) is 3.46. The summed E-state index contributed by atoms with van der Waals surface area (Å²) in [6.45, 7) is 1.94. The number of amides is 1. The number of hydrogen-bond donors (Lipinski definition) is 1. The van der Waals surface area contributed by atoms with Gasteiger partial charge in [-0.25, -0.2) is 4.98 Å². The first-order valence-electron chi connectivity index (χ1n) is 9.97. The van der Waals surface area contributed by atoms with Crippen molar-refractivity contribution < 1.29 is 4.79 Å². The van der Waals surface area contributed by atoms with Crippen LogP contribution in [0.25, 0.3) is 5.65 Å². The van der Waals surface area contributed by atoms with E-state index >= 15 is 0 Å². The molecule has 5 nitrogen and oxygen atoms in total. The van der Waals surface area contributed by atoms with Gasteiger partial charge in [-0.3, -0.25) is 4.79 Å². The molecule has 3 aromatic rings. The first-order valence-corrected chi connectivity index (χ1v) is 11.0. The van der Waals surface area contributed by atoms with E-state index in [-0.39, 0.29) is 30.7 Å². The molecule has 2 aliphatic rings. The van der Waals surface area contributed by atoms with Crippen LogP contribution < -0.4 is 5.32 Å². The number of nitrogens with zero attached hydrogens (tertiary/aromatic N) is 3. The molecule has 5 rings (SSSR count). The highest BCUT2D eigenvalue weighted by atomic mass is 35.5. The first kappa shape index (κ1) is 22.9. The van der Waals surface area contributed by atoms with Crippen molar-refractivity contribution in [2.75, 3.05) is 13.1 Å². The fourth-order valence-electron chi connectivity index (χ4n) is 4.37. The van der Waals surface area contributed by atoms with Gasteiger partial charge in [0.15, 0.2) is 0 Å². The maximum absolute atomic E-state index is 13.1. The zero-order chi connectivity index (χ0) is 18.9. The second-order valence-corrected chi connectivity index (χ2v) is 8.65. The fraction of sp³-hybridized carbons (Fsp3) is 0.364. The van der Waals surface area contributed by atoms with Crippen LogP contribution in [0.1, 0.15) is 35.3 Å². The normalized spacial score (nSPS) is 20.3. The quantitative estimate of drug-likeness (QED) is 0.579. The van der Waals surface area contributed by atoms with Gasteiger partial charge in [-0.15, -0.1) is 36.6 Å². The zero-order valence-corrected chi connectivity index (χ0v) is 19.0. The van der Waals surface area contributed by atoms with Crippen molar-refractivity contribution in [3.63, 3.8) is 0 Å². The number of hydrogen-bond acceptors (Lipinski definition) is 4. The third-order valence-electron chi connectivity index (χ3n) is 5.79. The number of halogens is 2. The van der Waals surface area contributed by atoms with Crippen molar-refractivity contribution in [2.24, 2.45) is 0 Å². The average Bonchev–Trinajstić information content (AvgIpc) is 3.25. The van der Waals surface area contributed by atoms with Crippen molar-refractivity contribution in [1.82, 2.24) is 19.6 Å². The second-order valence-electron chi connectivity index (χ2n) is 7.60. The molecule has 30 heavy (non-hydrogen) atoms. The number of fused-ring (bicyclic) bond motifs is 3.